The van der Waals surface area contributed by atoms with Crippen LogP contribution >= 0.6 is 0 Å². The molecule has 0 aliphatic rings. The van der Waals surface area contributed by atoms with Gasteiger partial charge in [-0.1, -0.05) is 0 Å². The first kappa shape index (κ1) is 12.1. The summed E-state index contributed by atoms with van der Waals surface area (Å²) in [5, 5.41) is 11.1. The van der Waals surface area contributed by atoms with Gasteiger partial charge >= 0.3 is 5.63 Å². The van der Waals surface area contributed by atoms with Gasteiger partial charge in [0.2, 0.25) is 19.7 Å². The van der Waals surface area contributed by atoms with E-state index in [0.29, 0.717) is 0 Å². The molecule has 0 saturated carbocycles. The predicted octanol–water partition coefficient (Wildman–Crippen LogP) is 0.0547. The maximum absolute atomic E-state index is 13.4. The second-order valence-electron chi connectivity index (χ2n) is 3.47. The van der Waals surface area contributed by atoms with Crippen LogP contribution in [0.4, 0.5) is 8.78 Å². The normalized spacial score (nSPS) is 10.6. The molecular weight excluding hydrogens is 247 g/mol. The van der Waals surface area contributed by atoms with Crippen molar-refractivity contribution in [3.63, 3.8) is 0 Å². The van der Waals surface area contributed by atoms with Gasteiger partial charge in [0.25, 0.3) is 0 Å². The second kappa shape index (κ2) is 4.13. The lowest BCUT2D eigenvalue weighted by atomic mass is 10.1. The van der Waals surface area contributed by atoms with Crippen molar-refractivity contribution in [2.24, 2.45) is 0 Å². The summed E-state index contributed by atoms with van der Waals surface area (Å²) in [6.45, 7) is 0. The van der Waals surface area contributed by atoms with E-state index < -0.39 is 34.5 Å². The van der Waals surface area contributed by atoms with Crippen LogP contribution in [0.25, 0.3) is 11.0 Å². The van der Waals surface area contributed by atoms with Crippen LogP contribution in [0.1, 0.15) is 10.4 Å². The zero-order valence-electron chi connectivity index (χ0n) is 9.08. The molecule has 0 radical (unpaired) electrons. The molecule has 1 amide bonds. The fraction of sp³-hybridized carbons (Fsp3) is 0. The Morgan fingerprint density at radius 3 is 2.67 bits per heavy atom. The number of benzene rings is 1. The van der Waals surface area contributed by atoms with E-state index in [2.05, 4.69) is 9.64 Å². The van der Waals surface area contributed by atoms with Crippen LogP contribution in [0, 0.1) is 11.6 Å². The molecule has 92 valence electrons. The predicted molar refractivity (Wildman–Crippen MR) is 60.1 cm³/mol. The molecule has 0 aliphatic carbocycles. The van der Waals surface area contributed by atoms with E-state index >= 15 is 0 Å². The summed E-state index contributed by atoms with van der Waals surface area (Å²) < 4.78 is 31.1. The minimum Gasteiger partial charge on any atom is -0.503 e. The first-order chi connectivity index (χ1) is 8.45. The minimum atomic E-state index is -1.38. The third kappa shape index (κ3) is 1.71. The molecule has 0 aliphatic heterocycles. The van der Waals surface area contributed by atoms with Crippen LogP contribution in [0.2, 0.25) is 0 Å². The van der Waals surface area contributed by atoms with Gasteiger partial charge in [0, 0.05) is 5.39 Å². The summed E-state index contributed by atoms with van der Waals surface area (Å²) in [5.74, 6) is -4.57. The minimum absolute atomic E-state index is 0.138. The fourth-order valence-electron chi connectivity index (χ4n) is 1.48. The molecule has 5 nitrogen and oxygen atoms in total. The van der Waals surface area contributed by atoms with E-state index in [0.717, 1.165) is 12.1 Å². The average Bonchev–Trinajstić information content (AvgIpc) is 2.36. The lowest BCUT2D eigenvalue weighted by Crippen LogP contribution is -2.25. The topological polar surface area (TPSA) is 79.5 Å². The van der Waals surface area contributed by atoms with Crippen LogP contribution in [0.15, 0.2) is 21.3 Å². The van der Waals surface area contributed by atoms with Crippen LogP contribution < -0.4 is 10.9 Å². The Hall–Kier alpha value is -2.38. The number of phenols is 1. The lowest BCUT2D eigenvalue weighted by molar-refractivity contribution is 0.0978. The van der Waals surface area contributed by atoms with E-state index in [1.807, 2.05) is 0 Å². The lowest BCUT2D eigenvalue weighted by Gasteiger charge is -2.04. The number of rotatable bonds is 1. The highest BCUT2D eigenvalue weighted by molar-refractivity contribution is 6.18. The standard InChI is InChI=1S/C10H6BF2NO4/c11-14-9(16)4-1-3-2-5(12)7(15)6(13)8(3)18-10(4)17/h1-2,15H,11H2,(H,14,16). The highest BCUT2D eigenvalue weighted by Crippen LogP contribution is 2.28. The van der Waals surface area contributed by atoms with Gasteiger partial charge in [0.05, 0.1) is 0 Å². The van der Waals surface area contributed by atoms with Gasteiger partial charge < -0.3 is 14.8 Å². The summed E-state index contributed by atoms with van der Waals surface area (Å²) in [6.07, 6.45) is 0. The number of carbonyl (C=O) groups is 1. The Kier molecular flexibility index (Phi) is 2.78. The number of aromatic hydroxyl groups is 1. The highest BCUT2D eigenvalue weighted by Gasteiger charge is 2.18. The van der Waals surface area contributed by atoms with Gasteiger partial charge in [-0.25, -0.2) is 9.18 Å². The van der Waals surface area contributed by atoms with Crippen LogP contribution in [0.5, 0.6) is 5.75 Å². The quantitative estimate of drug-likeness (QED) is 0.556. The van der Waals surface area contributed by atoms with E-state index in [9.17, 15) is 18.4 Å². The van der Waals surface area contributed by atoms with Gasteiger partial charge in [-0.05, 0) is 12.1 Å². The fourth-order valence-corrected chi connectivity index (χ4v) is 1.48. The zero-order chi connectivity index (χ0) is 13.4. The SMILES string of the molecule is BNC(=O)c1cc2cc(F)c(O)c(F)c2oc1=O. The third-order valence-corrected chi connectivity index (χ3v) is 2.36. The molecule has 2 aromatic rings. The number of carbonyl (C=O) groups excluding carboxylic acids is 1. The van der Waals surface area contributed by atoms with Crippen molar-refractivity contribution in [2.75, 3.05) is 0 Å². The molecule has 0 atom stereocenters. The number of hydrogen-bond acceptors (Lipinski definition) is 4. The van der Waals surface area contributed by atoms with Crippen molar-refractivity contribution >= 4 is 24.9 Å². The molecule has 0 unspecified atom stereocenters. The highest BCUT2D eigenvalue weighted by atomic mass is 19.1. The second-order valence-corrected chi connectivity index (χ2v) is 3.47. The Bertz CT molecular complexity index is 713. The number of halogens is 2. The van der Waals surface area contributed by atoms with Gasteiger partial charge in [0.15, 0.2) is 17.1 Å². The first-order valence-corrected chi connectivity index (χ1v) is 4.82. The van der Waals surface area contributed by atoms with Crippen LogP contribution in [-0.2, 0) is 0 Å². The Morgan fingerprint density at radius 2 is 2.06 bits per heavy atom. The molecule has 1 aromatic carbocycles. The maximum atomic E-state index is 13.4. The first-order valence-electron chi connectivity index (χ1n) is 4.82. The van der Waals surface area contributed by atoms with Crippen LogP contribution in [0.3, 0.4) is 0 Å². The zero-order valence-corrected chi connectivity index (χ0v) is 9.08. The Labute approximate surface area is 99.5 Å². The molecule has 0 bridgehead atoms. The summed E-state index contributed by atoms with van der Waals surface area (Å²) in [4.78, 5) is 22.7. The number of fused-ring (bicyclic) bond motifs is 1. The molecule has 0 fully saturated rings. The Morgan fingerprint density at radius 1 is 1.39 bits per heavy atom. The summed E-state index contributed by atoms with van der Waals surface area (Å²) in [6, 6.07) is 1.76. The van der Waals surface area contributed by atoms with Gasteiger partial charge in [-0.3, -0.25) is 4.79 Å². The molecule has 2 N–H and O–H groups in total. The van der Waals surface area contributed by atoms with Crippen LogP contribution in [-0.4, -0.2) is 19.0 Å². The molecule has 0 spiro atoms. The van der Waals surface area contributed by atoms with Crippen molar-refractivity contribution in [3.05, 3.63) is 39.8 Å². The molecule has 2 rings (SSSR count). The molecular formula is C10H6BF2NO4. The average molecular weight is 253 g/mol. The van der Waals surface area contributed by atoms with Gasteiger partial charge in [0.1, 0.15) is 5.56 Å². The molecule has 1 heterocycles. The van der Waals surface area contributed by atoms with E-state index in [4.69, 9.17) is 5.11 Å². The number of amides is 1. The van der Waals surface area contributed by atoms with E-state index in [1.54, 1.807) is 0 Å². The van der Waals surface area contributed by atoms with Crippen molar-refractivity contribution in [3.8, 4) is 5.75 Å². The largest absolute Gasteiger partial charge is 0.503 e. The molecule has 8 heteroatoms. The van der Waals surface area contributed by atoms with Crippen molar-refractivity contribution in [1.82, 2.24) is 5.23 Å². The van der Waals surface area contributed by atoms with Crippen molar-refractivity contribution in [2.45, 2.75) is 0 Å². The molecule has 1 aromatic heterocycles. The number of nitrogens with one attached hydrogen (secondary N) is 1. The maximum Gasteiger partial charge on any atom is 0.349 e. The number of hydrogen-bond donors (Lipinski definition) is 2. The van der Waals surface area contributed by atoms with Crippen molar-refractivity contribution < 1.29 is 23.1 Å². The Balaban J connectivity index is 2.85. The third-order valence-electron chi connectivity index (χ3n) is 2.36. The number of phenolic OH excluding ortho intramolecular Hbond substituents is 1. The van der Waals surface area contributed by atoms with Gasteiger partial charge in [-0.2, -0.15) is 4.39 Å². The molecule has 18 heavy (non-hydrogen) atoms. The van der Waals surface area contributed by atoms with E-state index in [1.165, 1.54) is 7.98 Å². The molecule has 0 saturated heterocycles. The summed E-state index contributed by atoms with van der Waals surface area (Å²) in [5.41, 5.74) is -2.06. The van der Waals surface area contributed by atoms with Crippen molar-refractivity contribution in [1.29, 1.82) is 0 Å². The monoisotopic (exact) mass is 253 g/mol. The van der Waals surface area contributed by atoms with Gasteiger partial charge in [-0.15, -0.1) is 0 Å². The smallest absolute Gasteiger partial charge is 0.349 e. The summed E-state index contributed by atoms with van der Waals surface area (Å²) in [7, 11) is 1.30. The van der Waals surface area contributed by atoms with E-state index in [-0.39, 0.29) is 10.9 Å². The summed E-state index contributed by atoms with van der Waals surface area (Å²) >= 11 is 0.